The van der Waals surface area contributed by atoms with E-state index in [1.54, 1.807) is 30.6 Å². The van der Waals surface area contributed by atoms with E-state index in [4.69, 9.17) is 16.3 Å². The van der Waals surface area contributed by atoms with Crippen molar-refractivity contribution in [2.45, 2.75) is 20.5 Å². The number of hydrogen-bond donors (Lipinski definition) is 0. The summed E-state index contributed by atoms with van der Waals surface area (Å²) < 4.78 is 5.68. The summed E-state index contributed by atoms with van der Waals surface area (Å²) in [6.07, 6.45) is 3.53. The van der Waals surface area contributed by atoms with Gasteiger partial charge in [-0.05, 0) is 43.7 Å². The molecule has 0 radical (unpaired) electrons. The average Bonchev–Trinajstić information content (AvgIpc) is 2.37. The molecule has 0 bridgehead atoms. The van der Waals surface area contributed by atoms with Gasteiger partial charge < -0.3 is 4.74 Å². The van der Waals surface area contributed by atoms with E-state index < -0.39 is 0 Å². The minimum absolute atomic E-state index is 0.0696. The molecule has 0 aliphatic heterocycles. The van der Waals surface area contributed by atoms with Crippen molar-refractivity contribution in [2.24, 2.45) is 0 Å². The Labute approximate surface area is 117 Å². The Morgan fingerprint density at radius 2 is 2.11 bits per heavy atom. The normalized spacial score (nSPS) is 10.3. The van der Waals surface area contributed by atoms with Crippen molar-refractivity contribution in [3.63, 3.8) is 0 Å². The second kappa shape index (κ2) is 5.85. The molecule has 0 saturated carbocycles. The first-order valence-electron chi connectivity index (χ1n) is 5.90. The molecule has 2 rings (SSSR count). The maximum absolute atomic E-state index is 11.5. The molecule has 0 unspecified atom stereocenters. The Balaban J connectivity index is 2.17. The lowest BCUT2D eigenvalue weighted by atomic mass is 10.1. The minimum atomic E-state index is -0.0696. The topological polar surface area (TPSA) is 39.2 Å². The van der Waals surface area contributed by atoms with Gasteiger partial charge in [0.25, 0.3) is 0 Å². The van der Waals surface area contributed by atoms with Crippen molar-refractivity contribution in [3.8, 4) is 5.75 Å². The summed E-state index contributed by atoms with van der Waals surface area (Å²) in [5.74, 6) is 0.471. The lowest BCUT2D eigenvalue weighted by molar-refractivity contribution is 0.101. The maximum Gasteiger partial charge on any atom is 0.163 e. The van der Waals surface area contributed by atoms with Crippen LogP contribution in [0.3, 0.4) is 0 Å². The van der Waals surface area contributed by atoms with E-state index >= 15 is 0 Å². The molecule has 1 aromatic carbocycles. The fourth-order valence-electron chi connectivity index (χ4n) is 1.76. The lowest BCUT2D eigenvalue weighted by Crippen LogP contribution is -2.02. The van der Waals surface area contributed by atoms with Gasteiger partial charge in [0.1, 0.15) is 12.4 Å². The van der Waals surface area contributed by atoms with Gasteiger partial charge in [0.15, 0.2) is 5.78 Å². The summed E-state index contributed by atoms with van der Waals surface area (Å²) >= 11 is 5.88. The summed E-state index contributed by atoms with van der Waals surface area (Å²) in [5, 5.41) is 0.523. The first kappa shape index (κ1) is 13.6. The standard InChI is InChI=1S/C15H14ClNO2/c1-10-5-12(8-17-7-10)9-19-15-4-3-13(16)6-14(15)11(2)18/h3-8H,9H2,1-2H3. The van der Waals surface area contributed by atoms with Gasteiger partial charge >= 0.3 is 0 Å². The summed E-state index contributed by atoms with van der Waals surface area (Å²) in [5.41, 5.74) is 2.53. The number of nitrogens with zero attached hydrogens (tertiary/aromatic N) is 1. The molecule has 0 N–H and O–H groups in total. The number of halogens is 1. The molecule has 0 fully saturated rings. The average molecular weight is 276 g/mol. The fourth-order valence-corrected chi connectivity index (χ4v) is 1.93. The first-order chi connectivity index (χ1) is 9.06. The predicted octanol–water partition coefficient (Wildman–Crippen LogP) is 3.83. The van der Waals surface area contributed by atoms with E-state index in [2.05, 4.69) is 4.98 Å². The minimum Gasteiger partial charge on any atom is -0.488 e. The molecule has 1 aromatic heterocycles. The van der Waals surface area contributed by atoms with E-state index in [1.807, 2.05) is 13.0 Å². The smallest absolute Gasteiger partial charge is 0.163 e. The van der Waals surface area contributed by atoms with E-state index in [0.717, 1.165) is 11.1 Å². The zero-order chi connectivity index (χ0) is 13.8. The van der Waals surface area contributed by atoms with Crippen LogP contribution in [0.25, 0.3) is 0 Å². The van der Waals surface area contributed by atoms with Crippen molar-refractivity contribution >= 4 is 17.4 Å². The third kappa shape index (κ3) is 3.55. The number of ketones is 1. The highest BCUT2D eigenvalue weighted by Crippen LogP contribution is 2.24. The van der Waals surface area contributed by atoms with Gasteiger partial charge in [0.2, 0.25) is 0 Å². The monoisotopic (exact) mass is 275 g/mol. The SMILES string of the molecule is CC(=O)c1cc(Cl)ccc1OCc1cncc(C)c1. The largest absolute Gasteiger partial charge is 0.488 e. The third-order valence-electron chi connectivity index (χ3n) is 2.65. The number of hydrogen-bond acceptors (Lipinski definition) is 3. The van der Waals surface area contributed by atoms with Gasteiger partial charge in [0, 0.05) is 23.0 Å². The molecule has 0 amide bonds. The molecule has 4 heteroatoms. The van der Waals surface area contributed by atoms with E-state index in [9.17, 15) is 4.79 Å². The number of carbonyl (C=O) groups excluding carboxylic acids is 1. The second-order valence-corrected chi connectivity index (χ2v) is 4.79. The molecule has 98 valence electrons. The Morgan fingerprint density at radius 3 is 2.79 bits per heavy atom. The van der Waals surface area contributed by atoms with Crippen LogP contribution < -0.4 is 4.74 Å². The molecule has 0 atom stereocenters. The lowest BCUT2D eigenvalue weighted by Gasteiger charge is -2.10. The van der Waals surface area contributed by atoms with Gasteiger partial charge in [-0.3, -0.25) is 9.78 Å². The Hall–Kier alpha value is -1.87. The van der Waals surface area contributed by atoms with Crippen LogP contribution in [-0.4, -0.2) is 10.8 Å². The number of ether oxygens (including phenoxy) is 1. The van der Waals surface area contributed by atoms with Crippen LogP contribution in [0, 0.1) is 6.92 Å². The Bertz CT molecular complexity index is 611. The third-order valence-corrected chi connectivity index (χ3v) is 2.88. The summed E-state index contributed by atoms with van der Waals surface area (Å²) in [7, 11) is 0. The number of aryl methyl sites for hydroxylation is 1. The van der Waals surface area contributed by atoms with E-state index in [-0.39, 0.29) is 5.78 Å². The van der Waals surface area contributed by atoms with Crippen molar-refractivity contribution in [1.29, 1.82) is 0 Å². The number of aromatic nitrogens is 1. The predicted molar refractivity (Wildman–Crippen MR) is 74.8 cm³/mol. The van der Waals surface area contributed by atoms with Crippen LogP contribution >= 0.6 is 11.6 Å². The van der Waals surface area contributed by atoms with Crippen LogP contribution in [0.1, 0.15) is 28.4 Å². The van der Waals surface area contributed by atoms with Crippen molar-refractivity contribution in [3.05, 3.63) is 58.4 Å². The molecule has 0 aliphatic rings. The number of pyridine rings is 1. The van der Waals surface area contributed by atoms with E-state index in [1.165, 1.54) is 6.92 Å². The second-order valence-electron chi connectivity index (χ2n) is 4.36. The van der Waals surface area contributed by atoms with E-state index in [0.29, 0.717) is 22.9 Å². The maximum atomic E-state index is 11.5. The molecule has 2 aromatic rings. The van der Waals surface area contributed by atoms with Gasteiger partial charge in [-0.25, -0.2) is 0 Å². The summed E-state index contributed by atoms with van der Waals surface area (Å²) in [6, 6.07) is 7.03. The summed E-state index contributed by atoms with van der Waals surface area (Å²) in [6.45, 7) is 3.84. The van der Waals surface area contributed by atoms with Crippen molar-refractivity contribution < 1.29 is 9.53 Å². The Kier molecular flexibility index (Phi) is 4.17. The molecular formula is C15H14ClNO2. The van der Waals surface area contributed by atoms with Crippen LogP contribution in [0.2, 0.25) is 5.02 Å². The molecule has 0 spiro atoms. The molecular weight excluding hydrogens is 262 g/mol. The van der Waals surface area contributed by atoms with Crippen LogP contribution in [0.15, 0.2) is 36.7 Å². The van der Waals surface area contributed by atoms with Gasteiger partial charge in [0.05, 0.1) is 5.56 Å². The van der Waals surface area contributed by atoms with Gasteiger partial charge in [-0.1, -0.05) is 11.6 Å². The van der Waals surface area contributed by atoms with Gasteiger partial charge in [-0.2, -0.15) is 0 Å². The highest BCUT2D eigenvalue weighted by molar-refractivity contribution is 6.31. The fraction of sp³-hybridized carbons (Fsp3) is 0.200. The summed E-state index contributed by atoms with van der Waals surface area (Å²) in [4.78, 5) is 15.6. The van der Waals surface area contributed by atoms with Crippen molar-refractivity contribution in [2.75, 3.05) is 0 Å². The first-order valence-corrected chi connectivity index (χ1v) is 6.28. The number of Topliss-reactive ketones (excluding diaryl/α,β-unsaturated/α-hetero) is 1. The van der Waals surface area contributed by atoms with Crippen molar-refractivity contribution in [1.82, 2.24) is 4.98 Å². The molecule has 1 heterocycles. The molecule has 0 saturated heterocycles. The molecule has 3 nitrogen and oxygen atoms in total. The van der Waals surface area contributed by atoms with Gasteiger partial charge in [-0.15, -0.1) is 0 Å². The number of benzene rings is 1. The quantitative estimate of drug-likeness (QED) is 0.796. The zero-order valence-corrected chi connectivity index (χ0v) is 11.6. The van der Waals surface area contributed by atoms with Crippen LogP contribution in [0.4, 0.5) is 0 Å². The number of carbonyl (C=O) groups is 1. The Morgan fingerprint density at radius 1 is 1.32 bits per heavy atom. The highest BCUT2D eigenvalue weighted by Gasteiger charge is 2.09. The van der Waals surface area contributed by atoms with Crippen LogP contribution in [-0.2, 0) is 6.61 Å². The molecule has 19 heavy (non-hydrogen) atoms. The highest BCUT2D eigenvalue weighted by atomic mass is 35.5. The molecule has 0 aliphatic carbocycles. The zero-order valence-electron chi connectivity index (χ0n) is 10.8. The number of rotatable bonds is 4. The van der Waals surface area contributed by atoms with Crippen LogP contribution in [0.5, 0.6) is 5.75 Å².